The number of aromatic amines is 1. The number of hydrogen-bond donors (Lipinski definition) is 1. The van der Waals surface area contributed by atoms with Crippen LogP contribution in [0.15, 0.2) is 59.9 Å². The molecule has 122 valence electrons. The van der Waals surface area contributed by atoms with E-state index < -0.39 is 0 Å². The summed E-state index contributed by atoms with van der Waals surface area (Å²) in [5.74, 6) is 1.73. The molecule has 1 N–H and O–H groups in total. The van der Waals surface area contributed by atoms with Gasteiger partial charge in [-0.15, -0.1) is 0 Å². The number of nitrogens with zero attached hydrogens (tertiary/aromatic N) is 1. The van der Waals surface area contributed by atoms with Crippen LogP contribution in [-0.2, 0) is 0 Å². The van der Waals surface area contributed by atoms with E-state index in [0.29, 0.717) is 41.4 Å². The van der Waals surface area contributed by atoms with Gasteiger partial charge < -0.3 is 14.5 Å². The number of para-hydroxylation sites is 1. The second-order valence-corrected chi connectivity index (χ2v) is 5.13. The molecule has 0 fully saturated rings. The number of benzene rings is 2. The van der Waals surface area contributed by atoms with Gasteiger partial charge in [0.15, 0.2) is 11.5 Å². The molecule has 5 heteroatoms. The Labute approximate surface area is 139 Å². The molecular formula is C19H18N2O3. The lowest BCUT2D eigenvalue weighted by Gasteiger charge is -2.12. The molecule has 0 saturated heterocycles. The summed E-state index contributed by atoms with van der Waals surface area (Å²) in [6.45, 7) is 6.45. The Bertz CT molecular complexity index is 931. The third-order valence-electron chi connectivity index (χ3n) is 3.49. The quantitative estimate of drug-likeness (QED) is 0.705. The largest absolute Gasteiger partial charge is 0.490 e. The van der Waals surface area contributed by atoms with Gasteiger partial charge in [0.1, 0.15) is 12.4 Å². The Kier molecular flexibility index (Phi) is 4.61. The van der Waals surface area contributed by atoms with Crippen LogP contribution in [0.3, 0.4) is 0 Å². The molecule has 0 radical (unpaired) electrons. The summed E-state index contributed by atoms with van der Waals surface area (Å²) >= 11 is 0. The van der Waals surface area contributed by atoms with Crippen molar-refractivity contribution in [3.05, 3.63) is 65.5 Å². The van der Waals surface area contributed by atoms with E-state index in [1.54, 1.807) is 18.2 Å². The van der Waals surface area contributed by atoms with E-state index in [1.807, 2.05) is 37.3 Å². The van der Waals surface area contributed by atoms with E-state index in [1.165, 1.54) is 0 Å². The number of aromatic nitrogens is 2. The Morgan fingerprint density at radius 2 is 2.00 bits per heavy atom. The maximum absolute atomic E-state index is 12.2. The summed E-state index contributed by atoms with van der Waals surface area (Å²) in [5.41, 5.74) is 1.24. The molecule has 0 aliphatic heterocycles. The number of fused-ring (bicyclic) bond motifs is 1. The molecule has 1 heterocycles. The van der Waals surface area contributed by atoms with E-state index in [4.69, 9.17) is 9.47 Å². The second kappa shape index (κ2) is 7.00. The first-order valence-corrected chi connectivity index (χ1v) is 7.73. The fraction of sp³-hybridized carbons (Fsp3) is 0.158. The van der Waals surface area contributed by atoms with Crippen molar-refractivity contribution in [2.24, 2.45) is 0 Å². The van der Waals surface area contributed by atoms with Gasteiger partial charge in [-0.05, 0) is 37.3 Å². The minimum Gasteiger partial charge on any atom is -0.490 e. The number of hydrogen-bond acceptors (Lipinski definition) is 4. The maximum Gasteiger partial charge on any atom is 0.259 e. The van der Waals surface area contributed by atoms with Gasteiger partial charge >= 0.3 is 0 Å². The summed E-state index contributed by atoms with van der Waals surface area (Å²) in [5, 5.41) is 0.567. The molecule has 3 aromatic rings. The topological polar surface area (TPSA) is 64.2 Å². The van der Waals surface area contributed by atoms with E-state index in [-0.39, 0.29) is 5.56 Å². The molecule has 0 bridgehead atoms. The minimum atomic E-state index is -0.166. The summed E-state index contributed by atoms with van der Waals surface area (Å²) in [6.07, 6.45) is 1.67. The first-order valence-electron chi connectivity index (χ1n) is 7.73. The molecule has 3 rings (SSSR count). The second-order valence-electron chi connectivity index (χ2n) is 5.13. The van der Waals surface area contributed by atoms with Gasteiger partial charge in [0.25, 0.3) is 5.56 Å². The molecule has 5 nitrogen and oxygen atoms in total. The number of H-pyrrole nitrogens is 1. The number of rotatable bonds is 6. The van der Waals surface area contributed by atoms with Crippen molar-refractivity contribution in [2.75, 3.05) is 13.2 Å². The average molecular weight is 322 g/mol. The van der Waals surface area contributed by atoms with Crippen LogP contribution < -0.4 is 15.0 Å². The standard InChI is InChI=1S/C19H18N2O3/c1-3-11-24-16-10-9-13(12-17(16)23-4-2)18-20-15-8-6-5-7-14(15)19(22)21-18/h3,5-10,12H,1,4,11H2,2H3,(H,20,21,22). The molecule has 2 aromatic carbocycles. The first-order chi connectivity index (χ1) is 11.7. The third-order valence-corrected chi connectivity index (χ3v) is 3.49. The van der Waals surface area contributed by atoms with Gasteiger partial charge in [-0.1, -0.05) is 24.8 Å². The molecule has 0 saturated carbocycles. The zero-order valence-electron chi connectivity index (χ0n) is 13.4. The van der Waals surface area contributed by atoms with Crippen LogP contribution in [0.2, 0.25) is 0 Å². The van der Waals surface area contributed by atoms with Gasteiger partial charge in [0.05, 0.1) is 17.5 Å². The van der Waals surface area contributed by atoms with Crippen molar-refractivity contribution in [3.63, 3.8) is 0 Å². The van der Waals surface area contributed by atoms with Gasteiger partial charge in [0, 0.05) is 5.56 Å². The molecule has 0 aliphatic carbocycles. The fourth-order valence-corrected chi connectivity index (χ4v) is 2.41. The van der Waals surface area contributed by atoms with Crippen LogP contribution in [0.5, 0.6) is 11.5 Å². The molecule has 24 heavy (non-hydrogen) atoms. The van der Waals surface area contributed by atoms with Crippen molar-refractivity contribution >= 4 is 10.9 Å². The minimum absolute atomic E-state index is 0.166. The molecule has 0 amide bonds. The Morgan fingerprint density at radius 3 is 2.79 bits per heavy atom. The molecule has 1 aromatic heterocycles. The van der Waals surface area contributed by atoms with E-state index in [2.05, 4.69) is 16.5 Å². The smallest absolute Gasteiger partial charge is 0.259 e. The summed E-state index contributed by atoms with van der Waals surface area (Å²) in [4.78, 5) is 19.6. The normalized spacial score (nSPS) is 10.5. The van der Waals surface area contributed by atoms with Crippen molar-refractivity contribution in [1.29, 1.82) is 0 Å². The lowest BCUT2D eigenvalue weighted by molar-refractivity contribution is 0.297. The third kappa shape index (κ3) is 3.15. The van der Waals surface area contributed by atoms with Crippen LogP contribution in [0.25, 0.3) is 22.3 Å². The Balaban J connectivity index is 2.07. The Hall–Kier alpha value is -3.08. The highest BCUT2D eigenvalue weighted by Crippen LogP contribution is 2.31. The van der Waals surface area contributed by atoms with E-state index >= 15 is 0 Å². The highest BCUT2D eigenvalue weighted by molar-refractivity contribution is 5.79. The predicted molar refractivity (Wildman–Crippen MR) is 94.7 cm³/mol. The Morgan fingerprint density at radius 1 is 1.17 bits per heavy atom. The average Bonchev–Trinajstić information content (AvgIpc) is 2.61. The molecule has 0 atom stereocenters. The van der Waals surface area contributed by atoms with Crippen molar-refractivity contribution in [1.82, 2.24) is 9.97 Å². The van der Waals surface area contributed by atoms with Crippen LogP contribution in [0.4, 0.5) is 0 Å². The number of ether oxygens (including phenoxy) is 2. The van der Waals surface area contributed by atoms with Gasteiger partial charge in [0.2, 0.25) is 0 Å². The van der Waals surface area contributed by atoms with Crippen molar-refractivity contribution < 1.29 is 9.47 Å². The molecular weight excluding hydrogens is 304 g/mol. The zero-order chi connectivity index (χ0) is 16.9. The SMILES string of the molecule is C=CCOc1ccc(-c2nc3ccccc3c(=O)[nH]2)cc1OCC. The summed E-state index contributed by atoms with van der Waals surface area (Å²) in [6, 6.07) is 12.7. The lowest BCUT2D eigenvalue weighted by Crippen LogP contribution is -2.09. The van der Waals surface area contributed by atoms with Crippen LogP contribution in [-0.4, -0.2) is 23.2 Å². The van der Waals surface area contributed by atoms with Crippen LogP contribution in [0.1, 0.15) is 6.92 Å². The van der Waals surface area contributed by atoms with Gasteiger partial charge in [-0.25, -0.2) is 4.98 Å². The summed E-state index contributed by atoms with van der Waals surface area (Å²) < 4.78 is 11.2. The highest BCUT2D eigenvalue weighted by atomic mass is 16.5. The molecule has 0 unspecified atom stereocenters. The fourth-order valence-electron chi connectivity index (χ4n) is 2.41. The number of nitrogens with one attached hydrogen (secondary N) is 1. The van der Waals surface area contributed by atoms with Gasteiger partial charge in [-0.3, -0.25) is 4.79 Å². The zero-order valence-corrected chi connectivity index (χ0v) is 13.4. The van der Waals surface area contributed by atoms with Crippen LogP contribution >= 0.6 is 0 Å². The summed E-state index contributed by atoms with van der Waals surface area (Å²) in [7, 11) is 0. The van der Waals surface area contributed by atoms with Crippen LogP contribution in [0, 0.1) is 0 Å². The lowest BCUT2D eigenvalue weighted by atomic mass is 10.1. The first kappa shape index (κ1) is 15.8. The highest BCUT2D eigenvalue weighted by Gasteiger charge is 2.10. The molecule has 0 spiro atoms. The van der Waals surface area contributed by atoms with Crippen molar-refractivity contribution in [3.8, 4) is 22.9 Å². The van der Waals surface area contributed by atoms with E-state index in [9.17, 15) is 4.79 Å². The monoisotopic (exact) mass is 322 g/mol. The maximum atomic E-state index is 12.2. The predicted octanol–water partition coefficient (Wildman–Crippen LogP) is 3.55. The van der Waals surface area contributed by atoms with Crippen molar-refractivity contribution in [2.45, 2.75) is 6.92 Å². The van der Waals surface area contributed by atoms with E-state index in [0.717, 1.165) is 5.56 Å². The van der Waals surface area contributed by atoms with Gasteiger partial charge in [-0.2, -0.15) is 0 Å². The molecule has 0 aliphatic rings.